The number of ether oxygens (including phenoxy) is 2. The van der Waals surface area contributed by atoms with Crippen LogP contribution in [-0.2, 0) is 20.7 Å². The minimum absolute atomic E-state index is 0.120. The number of benzene rings is 2. The Balaban J connectivity index is 1.68. The Morgan fingerprint density at radius 2 is 1.75 bits per heavy atom. The lowest BCUT2D eigenvalue weighted by Crippen LogP contribution is -2.36. The number of para-hydroxylation sites is 1. The summed E-state index contributed by atoms with van der Waals surface area (Å²) in [7, 11) is 0. The van der Waals surface area contributed by atoms with Crippen molar-refractivity contribution < 1.29 is 19.1 Å². The van der Waals surface area contributed by atoms with E-state index < -0.39 is 0 Å². The minimum atomic E-state index is -0.247. The summed E-state index contributed by atoms with van der Waals surface area (Å²) in [6.07, 6.45) is 1.57. The first-order valence-electron chi connectivity index (χ1n) is 11.3. The molecule has 4 rings (SSSR count). The lowest BCUT2D eigenvalue weighted by molar-refractivity contribution is -0.137. The van der Waals surface area contributed by atoms with Gasteiger partial charge in [-0.05, 0) is 62.9 Å². The number of carbonyl (C=O) groups is 2. The van der Waals surface area contributed by atoms with E-state index in [4.69, 9.17) is 9.47 Å². The lowest BCUT2D eigenvalue weighted by Gasteiger charge is -2.22. The van der Waals surface area contributed by atoms with E-state index in [1.165, 1.54) is 10.5 Å². The van der Waals surface area contributed by atoms with Crippen molar-refractivity contribution in [2.45, 2.75) is 39.7 Å². The summed E-state index contributed by atoms with van der Waals surface area (Å²) in [6.45, 7) is 7.97. The van der Waals surface area contributed by atoms with Crippen molar-refractivity contribution in [3.63, 3.8) is 0 Å². The topological polar surface area (TPSA) is 59.1 Å². The number of rotatable bonds is 9. The number of nitrogens with zero attached hydrogens (tertiary/aromatic N) is 2. The Morgan fingerprint density at radius 3 is 2.47 bits per heavy atom. The average molecular weight is 435 g/mol. The van der Waals surface area contributed by atoms with Crippen molar-refractivity contribution in [1.82, 2.24) is 4.90 Å². The van der Waals surface area contributed by atoms with E-state index in [2.05, 4.69) is 6.07 Å². The van der Waals surface area contributed by atoms with Crippen LogP contribution in [0.1, 0.15) is 38.3 Å². The van der Waals surface area contributed by atoms with Crippen LogP contribution >= 0.6 is 0 Å². The summed E-state index contributed by atoms with van der Waals surface area (Å²) in [5, 5.41) is 0. The Hall–Kier alpha value is -3.12. The number of imide groups is 1. The zero-order valence-electron chi connectivity index (χ0n) is 19.0. The van der Waals surface area contributed by atoms with Gasteiger partial charge in [0.25, 0.3) is 11.8 Å². The van der Waals surface area contributed by atoms with E-state index in [0.717, 1.165) is 23.4 Å². The van der Waals surface area contributed by atoms with Crippen LogP contribution in [-0.4, -0.2) is 49.1 Å². The number of carbonyl (C=O) groups excluding carboxylic acids is 2. The molecular weight excluding hydrogens is 404 g/mol. The zero-order chi connectivity index (χ0) is 22.7. The molecule has 32 heavy (non-hydrogen) atoms. The lowest BCUT2D eigenvalue weighted by atomic mass is 10.0. The van der Waals surface area contributed by atoms with E-state index >= 15 is 0 Å². The van der Waals surface area contributed by atoms with Crippen LogP contribution in [0, 0.1) is 0 Å². The molecule has 2 aliphatic rings. The smallest absolute Gasteiger partial charge is 0.278 e. The molecule has 0 N–H and O–H groups in total. The number of fused-ring (bicyclic) bond motifs is 1. The minimum Gasteiger partial charge on any atom is -0.494 e. The van der Waals surface area contributed by atoms with E-state index in [1.807, 2.05) is 68.1 Å². The van der Waals surface area contributed by atoms with Gasteiger partial charge in [-0.2, -0.15) is 0 Å². The molecule has 0 bridgehead atoms. The Labute approximate surface area is 189 Å². The van der Waals surface area contributed by atoms with Gasteiger partial charge in [-0.25, -0.2) is 0 Å². The normalized spacial score (nSPS) is 15.9. The molecule has 0 spiro atoms. The average Bonchev–Trinajstić information content (AvgIpc) is 3.31. The second-order valence-corrected chi connectivity index (χ2v) is 8.25. The third-order valence-electron chi connectivity index (χ3n) is 5.73. The van der Waals surface area contributed by atoms with Gasteiger partial charge in [0.2, 0.25) is 0 Å². The van der Waals surface area contributed by atoms with E-state index in [1.54, 1.807) is 0 Å². The molecule has 0 saturated carbocycles. The zero-order valence-corrected chi connectivity index (χ0v) is 19.0. The Bertz CT molecular complexity index is 1030. The fourth-order valence-electron chi connectivity index (χ4n) is 4.27. The van der Waals surface area contributed by atoms with Gasteiger partial charge in [0.15, 0.2) is 0 Å². The second kappa shape index (κ2) is 9.57. The van der Waals surface area contributed by atoms with Gasteiger partial charge in [0, 0.05) is 25.4 Å². The van der Waals surface area contributed by atoms with E-state index in [-0.39, 0.29) is 17.9 Å². The van der Waals surface area contributed by atoms with E-state index in [9.17, 15) is 9.59 Å². The molecular formula is C26H30N2O4. The summed E-state index contributed by atoms with van der Waals surface area (Å²) in [6, 6.07) is 15.5. The van der Waals surface area contributed by atoms with Gasteiger partial charge in [-0.1, -0.05) is 30.3 Å². The SMILES string of the molecule is CCOc1ccc(C2=C(N3CCc4ccccc43)C(=O)N(CCCOC(C)C)C2=O)cc1. The predicted octanol–water partition coefficient (Wildman–Crippen LogP) is 4.04. The highest BCUT2D eigenvalue weighted by Gasteiger charge is 2.42. The van der Waals surface area contributed by atoms with Crippen LogP contribution in [0.15, 0.2) is 54.2 Å². The van der Waals surface area contributed by atoms with Crippen molar-refractivity contribution in [1.29, 1.82) is 0 Å². The highest BCUT2D eigenvalue weighted by molar-refractivity contribution is 6.36. The monoisotopic (exact) mass is 434 g/mol. The van der Waals surface area contributed by atoms with Crippen molar-refractivity contribution in [3.8, 4) is 5.75 Å². The molecule has 0 saturated heterocycles. The molecule has 0 unspecified atom stereocenters. The van der Waals surface area contributed by atoms with E-state index in [0.29, 0.717) is 44.0 Å². The third-order valence-corrected chi connectivity index (χ3v) is 5.73. The number of hydrogen-bond donors (Lipinski definition) is 0. The maximum atomic E-state index is 13.5. The summed E-state index contributed by atoms with van der Waals surface area (Å²) in [4.78, 5) is 30.4. The van der Waals surface area contributed by atoms with Crippen molar-refractivity contribution in [2.24, 2.45) is 0 Å². The molecule has 6 nitrogen and oxygen atoms in total. The molecule has 0 radical (unpaired) electrons. The highest BCUT2D eigenvalue weighted by atomic mass is 16.5. The number of anilines is 1. The number of hydrogen-bond acceptors (Lipinski definition) is 5. The quantitative estimate of drug-likeness (QED) is 0.440. The standard InChI is InChI=1S/C26H30N2O4/c1-4-31-21-12-10-20(11-13-21)23-24(27-16-14-19-8-5-6-9-22(19)27)26(30)28(25(23)29)15-7-17-32-18(2)3/h5-6,8-13,18H,4,7,14-17H2,1-3H3. The van der Waals surface area contributed by atoms with Gasteiger partial charge in [0.05, 0.1) is 18.3 Å². The molecule has 0 aromatic heterocycles. The van der Waals surface area contributed by atoms with Crippen LogP contribution in [0.5, 0.6) is 5.75 Å². The Kier molecular flexibility index (Phi) is 6.61. The molecule has 0 aliphatic carbocycles. The first-order chi connectivity index (χ1) is 15.5. The van der Waals surface area contributed by atoms with Crippen LogP contribution in [0.3, 0.4) is 0 Å². The molecule has 6 heteroatoms. The fourth-order valence-corrected chi connectivity index (χ4v) is 4.27. The van der Waals surface area contributed by atoms with Crippen LogP contribution < -0.4 is 9.64 Å². The molecule has 0 atom stereocenters. The van der Waals surface area contributed by atoms with Gasteiger partial charge >= 0.3 is 0 Å². The van der Waals surface area contributed by atoms with Gasteiger partial charge < -0.3 is 14.4 Å². The highest BCUT2D eigenvalue weighted by Crippen LogP contribution is 2.38. The predicted molar refractivity (Wildman–Crippen MR) is 124 cm³/mol. The summed E-state index contributed by atoms with van der Waals surface area (Å²) < 4.78 is 11.2. The van der Waals surface area contributed by atoms with Crippen molar-refractivity contribution in [3.05, 3.63) is 65.4 Å². The molecule has 2 aromatic carbocycles. The first-order valence-corrected chi connectivity index (χ1v) is 11.3. The fraction of sp³-hybridized carbons (Fsp3) is 0.385. The third kappa shape index (κ3) is 4.28. The summed E-state index contributed by atoms with van der Waals surface area (Å²) >= 11 is 0. The van der Waals surface area contributed by atoms with Crippen LogP contribution in [0.4, 0.5) is 5.69 Å². The largest absolute Gasteiger partial charge is 0.494 e. The van der Waals surface area contributed by atoms with Crippen molar-refractivity contribution >= 4 is 23.1 Å². The Morgan fingerprint density at radius 1 is 1.00 bits per heavy atom. The molecule has 168 valence electrons. The first kappa shape index (κ1) is 22.1. The molecule has 2 heterocycles. The van der Waals surface area contributed by atoms with Crippen LogP contribution in [0.25, 0.3) is 5.57 Å². The van der Waals surface area contributed by atoms with Gasteiger partial charge in [-0.3, -0.25) is 14.5 Å². The van der Waals surface area contributed by atoms with Gasteiger partial charge in [0.1, 0.15) is 11.4 Å². The van der Waals surface area contributed by atoms with Gasteiger partial charge in [-0.15, -0.1) is 0 Å². The summed E-state index contributed by atoms with van der Waals surface area (Å²) in [5.74, 6) is 0.257. The van der Waals surface area contributed by atoms with Crippen LogP contribution in [0.2, 0.25) is 0 Å². The molecule has 2 amide bonds. The molecule has 2 aliphatic heterocycles. The number of amides is 2. The molecule has 2 aromatic rings. The molecule has 0 fully saturated rings. The summed E-state index contributed by atoms with van der Waals surface area (Å²) in [5.41, 5.74) is 3.84. The maximum absolute atomic E-state index is 13.5. The maximum Gasteiger partial charge on any atom is 0.278 e. The second-order valence-electron chi connectivity index (χ2n) is 8.25. The van der Waals surface area contributed by atoms with Crippen molar-refractivity contribution in [2.75, 3.05) is 31.2 Å².